The lowest BCUT2D eigenvalue weighted by atomic mass is 10.1. The second-order valence-electron chi connectivity index (χ2n) is 3.61. The highest BCUT2D eigenvalue weighted by molar-refractivity contribution is 14.1. The van der Waals surface area contributed by atoms with Gasteiger partial charge in [0.2, 0.25) is 10.0 Å². The monoisotopic (exact) mass is 349 g/mol. The molecular formula is C11H12INO2S. The van der Waals surface area contributed by atoms with Crippen LogP contribution in [0.2, 0.25) is 0 Å². The molecule has 1 aromatic carbocycles. The summed E-state index contributed by atoms with van der Waals surface area (Å²) in [6, 6.07) is 7.60. The number of rotatable bonds is 1. The number of nitrogens with one attached hydrogen (secondary N) is 1. The van der Waals surface area contributed by atoms with Gasteiger partial charge in [0.25, 0.3) is 0 Å². The van der Waals surface area contributed by atoms with Crippen LogP contribution in [-0.4, -0.2) is 15.0 Å². The van der Waals surface area contributed by atoms with Gasteiger partial charge < -0.3 is 0 Å². The van der Waals surface area contributed by atoms with Crippen LogP contribution >= 0.6 is 22.6 Å². The Morgan fingerprint density at radius 2 is 2.00 bits per heavy atom. The molecule has 0 aromatic heterocycles. The maximum atomic E-state index is 12.0. The first-order valence-corrected chi connectivity index (χ1v) is 7.61. The summed E-state index contributed by atoms with van der Waals surface area (Å²) < 4.78 is 27.6. The number of halogens is 1. The molecule has 1 N–H and O–H groups in total. The zero-order valence-corrected chi connectivity index (χ0v) is 11.5. The van der Waals surface area contributed by atoms with Gasteiger partial charge in [-0.3, -0.25) is 0 Å². The molecule has 0 aliphatic carbocycles. The van der Waals surface area contributed by atoms with E-state index in [2.05, 4.69) is 27.3 Å². The van der Waals surface area contributed by atoms with Crippen molar-refractivity contribution in [2.45, 2.75) is 11.7 Å². The van der Waals surface area contributed by atoms with E-state index in [0.29, 0.717) is 13.0 Å². The predicted octanol–water partition coefficient (Wildman–Crippen LogP) is 2.21. The molecular weight excluding hydrogens is 337 g/mol. The van der Waals surface area contributed by atoms with Crippen molar-refractivity contribution in [1.29, 1.82) is 0 Å². The molecule has 1 aliphatic rings. The first-order chi connectivity index (χ1) is 7.61. The molecule has 1 heterocycles. The average molecular weight is 349 g/mol. The van der Waals surface area contributed by atoms with E-state index in [1.54, 1.807) is 0 Å². The molecule has 0 bridgehead atoms. The van der Waals surface area contributed by atoms with Crippen molar-refractivity contribution >= 4 is 32.6 Å². The van der Waals surface area contributed by atoms with Crippen LogP contribution in [0.3, 0.4) is 0 Å². The maximum Gasteiger partial charge on any atom is 0.219 e. The molecule has 0 amide bonds. The Hall–Kier alpha value is -0.400. The van der Waals surface area contributed by atoms with Crippen molar-refractivity contribution in [3.63, 3.8) is 0 Å². The van der Waals surface area contributed by atoms with Crippen molar-refractivity contribution in [3.05, 3.63) is 45.6 Å². The minimum absolute atomic E-state index is 0.391. The molecule has 16 heavy (non-hydrogen) atoms. The van der Waals surface area contributed by atoms with Crippen LogP contribution in [0.5, 0.6) is 0 Å². The molecule has 3 nitrogen and oxygen atoms in total. The lowest BCUT2D eigenvalue weighted by Crippen LogP contribution is -2.28. The van der Waals surface area contributed by atoms with E-state index in [1.807, 2.05) is 36.4 Å². The van der Waals surface area contributed by atoms with Crippen LogP contribution in [-0.2, 0) is 10.0 Å². The molecule has 2 rings (SSSR count). The van der Waals surface area contributed by atoms with Crippen LogP contribution in [0.15, 0.2) is 36.4 Å². The number of sulfonamides is 1. The standard InChI is InChI=1S/C11H12INO2S/c12-10-6-2-1-5-9(10)11-7-3-4-8-13-16(11,14)15/h1-6,11,13H,7-8H2. The highest BCUT2D eigenvalue weighted by atomic mass is 127. The third kappa shape index (κ3) is 2.46. The first kappa shape index (κ1) is 12.1. The van der Waals surface area contributed by atoms with Gasteiger partial charge in [-0.25, -0.2) is 13.1 Å². The third-order valence-corrected chi connectivity index (χ3v) is 5.29. The van der Waals surface area contributed by atoms with Crippen molar-refractivity contribution in [1.82, 2.24) is 4.72 Å². The van der Waals surface area contributed by atoms with Crippen LogP contribution in [0.25, 0.3) is 0 Å². The van der Waals surface area contributed by atoms with Crippen molar-refractivity contribution in [2.75, 3.05) is 6.54 Å². The molecule has 1 atom stereocenters. The first-order valence-electron chi connectivity index (χ1n) is 4.99. The van der Waals surface area contributed by atoms with Gasteiger partial charge in [-0.1, -0.05) is 30.4 Å². The van der Waals surface area contributed by atoms with E-state index < -0.39 is 15.3 Å². The fourth-order valence-electron chi connectivity index (χ4n) is 1.73. The van der Waals surface area contributed by atoms with Gasteiger partial charge in [0.15, 0.2) is 0 Å². The SMILES string of the molecule is O=S1(=O)NCC=CCC1c1ccccc1I. The topological polar surface area (TPSA) is 46.2 Å². The Bertz CT molecular complexity index is 510. The van der Waals surface area contributed by atoms with Crippen molar-refractivity contribution in [3.8, 4) is 0 Å². The molecule has 0 spiro atoms. The normalized spacial score (nSPS) is 23.9. The largest absolute Gasteiger partial charge is 0.219 e. The van der Waals surface area contributed by atoms with Gasteiger partial charge in [-0.15, -0.1) is 0 Å². The summed E-state index contributed by atoms with van der Waals surface area (Å²) in [5.41, 5.74) is 0.877. The van der Waals surface area contributed by atoms with E-state index in [4.69, 9.17) is 0 Å². The van der Waals surface area contributed by atoms with E-state index in [-0.39, 0.29) is 0 Å². The second kappa shape index (κ2) is 4.85. The summed E-state index contributed by atoms with van der Waals surface area (Å²) in [6.45, 7) is 0.391. The summed E-state index contributed by atoms with van der Waals surface area (Å²) >= 11 is 2.18. The number of allylic oxidation sites excluding steroid dienone is 1. The predicted molar refractivity (Wildman–Crippen MR) is 72.6 cm³/mol. The highest BCUT2D eigenvalue weighted by Gasteiger charge is 2.28. The molecule has 1 aliphatic heterocycles. The molecule has 5 heteroatoms. The maximum absolute atomic E-state index is 12.0. The fraction of sp³-hybridized carbons (Fsp3) is 0.273. The van der Waals surface area contributed by atoms with Gasteiger partial charge in [-0.2, -0.15) is 0 Å². The zero-order valence-electron chi connectivity index (χ0n) is 8.56. The van der Waals surface area contributed by atoms with E-state index in [0.717, 1.165) is 9.13 Å². The van der Waals surface area contributed by atoms with Crippen molar-refractivity contribution < 1.29 is 8.42 Å². The summed E-state index contributed by atoms with van der Waals surface area (Å²) in [5.74, 6) is 0. The summed E-state index contributed by atoms with van der Waals surface area (Å²) in [6.07, 6.45) is 4.31. The van der Waals surface area contributed by atoms with Gasteiger partial charge in [-0.05, 0) is 40.6 Å². The zero-order chi connectivity index (χ0) is 11.6. The summed E-state index contributed by atoms with van der Waals surface area (Å²) in [5, 5.41) is -0.473. The van der Waals surface area contributed by atoms with E-state index in [9.17, 15) is 8.42 Å². The molecule has 1 aromatic rings. The Labute approximate surface area is 109 Å². The minimum Gasteiger partial charge on any atom is -0.212 e. The molecule has 0 fully saturated rings. The van der Waals surface area contributed by atoms with Gasteiger partial charge in [0.1, 0.15) is 5.25 Å². The second-order valence-corrected chi connectivity index (χ2v) is 6.72. The summed E-state index contributed by atoms with van der Waals surface area (Å²) in [4.78, 5) is 0. The lowest BCUT2D eigenvalue weighted by molar-refractivity contribution is 0.573. The molecule has 1 unspecified atom stereocenters. The highest BCUT2D eigenvalue weighted by Crippen LogP contribution is 2.30. The Morgan fingerprint density at radius 3 is 2.75 bits per heavy atom. The van der Waals surface area contributed by atoms with Crippen LogP contribution in [0, 0.1) is 3.57 Å². The van der Waals surface area contributed by atoms with Gasteiger partial charge in [0, 0.05) is 10.1 Å². The summed E-state index contributed by atoms with van der Waals surface area (Å²) in [7, 11) is -3.25. The molecule has 0 saturated carbocycles. The molecule has 0 radical (unpaired) electrons. The van der Waals surface area contributed by atoms with E-state index in [1.165, 1.54) is 0 Å². The number of hydrogen-bond donors (Lipinski definition) is 1. The quantitative estimate of drug-likeness (QED) is 0.624. The third-order valence-electron chi connectivity index (χ3n) is 2.55. The number of benzene rings is 1. The van der Waals surface area contributed by atoms with Crippen LogP contribution in [0.4, 0.5) is 0 Å². The number of hydrogen-bond acceptors (Lipinski definition) is 2. The molecule has 0 saturated heterocycles. The Balaban J connectivity index is 2.46. The van der Waals surface area contributed by atoms with Gasteiger partial charge in [0.05, 0.1) is 0 Å². The van der Waals surface area contributed by atoms with Crippen LogP contribution in [0.1, 0.15) is 17.2 Å². The average Bonchev–Trinajstić information content (AvgIpc) is 2.40. The Morgan fingerprint density at radius 1 is 1.25 bits per heavy atom. The lowest BCUT2D eigenvalue weighted by Gasteiger charge is -2.16. The smallest absolute Gasteiger partial charge is 0.212 e. The van der Waals surface area contributed by atoms with Crippen molar-refractivity contribution in [2.24, 2.45) is 0 Å². The van der Waals surface area contributed by atoms with Gasteiger partial charge >= 0.3 is 0 Å². The molecule has 86 valence electrons. The fourth-order valence-corrected chi connectivity index (χ4v) is 4.13. The Kier molecular flexibility index (Phi) is 3.66. The minimum atomic E-state index is -3.25. The van der Waals surface area contributed by atoms with Crippen LogP contribution < -0.4 is 4.72 Å². The van der Waals surface area contributed by atoms with E-state index >= 15 is 0 Å².